The van der Waals surface area contributed by atoms with Crippen LogP contribution in [0.4, 0.5) is 32.0 Å². The van der Waals surface area contributed by atoms with Crippen molar-refractivity contribution in [2.24, 2.45) is 0 Å². The van der Waals surface area contributed by atoms with Crippen LogP contribution in [0.5, 0.6) is 0 Å². The highest BCUT2D eigenvalue weighted by atomic mass is 79.9. The third-order valence-electron chi connectivity index (χ3n) is 5.41. The van der Waals surface area contributed by atoms with Crippen molar-refractivity contribution in [3.8, 4) is 11.9 Å². The van der Waals surface area contributed by atoms with Crippen molar-refractivity contribution in [3.63, 3.8) is 0 Å². The van der Waals surface area contributed by atoms with Gasteiger partial charge < -0.3 is 10.6 Å². The van der Waals surface area contributed by atoms with Crippen LogP contribution in [0.25, 0.3) is 5.82 Å². The highest BCUT2D eigenvalue weighted by molar-refractivity contribution is 9.10. The van der Waals surface area contributed by atoms with Crippen molar-refractivity contribution in [2.75, 3.05) is 11.9 Å². The minimum absolute atomic E-state index is 0.0298. The Labute approximate surface area is 239 Å². The second kappa shape index (κ2) is 11.6. The van der Waals surface area contributed by atoms with Gasteiger partial charge in [-0.25, -0.2) is 9.67 Å². The van der Waals surface area contributed by atoms with Crippen LogP contribution in [0.15, 0.2) is 41.0 Å². The quantitative estimate of drug-likeness (QED) is 0.224. The number of nitrogens with one attached hydrogen (secondary N) is 2. The molecule has 3 heterocycles. The molecular weight excluding hydrogens is 642 g/mol. The Kier molecular flexibility index (Phi) is 8.28. The predicted molar refractivity (Wildman–Crippen MR) is 133 cm³/mol. The van der Waals surface area contributed by atoms with E-state index in [0.717, 1.165) is 18.3 Å². The van der Waals surface area contributed by atoms with E-state index < -0.39 is 53.6 Å². The molecule has 0 spiro atoms. The van der Waals surface area contributed by atoms with Crippen molar-refractivity contribution < 1.29 is 35.9 Å². The van der Waals surface area contributed by atoms with E-state index in [1.54, 1.807) is 19.1 Å². The Balaban J connectivity index is 1.80. The normalized spacial score (nSPS) is 11.7. The largest absolute Gasteiger partial charge is 0.455 e. The van der Waals surface area contributed by atoms with E-state index in [4.69, 9.17) is 5.26 Å². The molecule has 4 aromatic rings. The van der Waals surface area contributed by atoms with Gasteiger partial charge in [0, 0.05) is 10.7 Å². The number of carbonyl (C=O) groups is 2. The molecule has 0 aliphatic carbocycles. The lowest BCUT2D eigenvalue weighted by Gasteiger charge is -2.16. The van der Waals surface area contributed by atoms with Gasteiger partial charge in [-0.15, -0.1) is 10.2 Å². The van der Waals surface area contributed by atoms with E-state index in [1.807, 2.05) is 0 Å². The van der Waals surface area contributed by atoms with Crippen LogP contribution in [0.1, 0.15) is 43.5 Å². The summed E-state index contributed by atoms with van der Waals surface area (Å²) in [4.78, 5) is 30.4. The summed E-state index contributed by atoms with van der Waals surface area (Å²) in [6.07, 6.45) is -8.80. The first-order valence-electron chi connectivity index (χ1n) is 11.4. The van der Waals surface area contributed by atoms with Crippen molar-refractivity contribution in [3.05, 3.63) is 74.9 Å². The van der Waals surface area contributed by atoms with Crippen molar-refractivity contribution in [2.45, 2.75) is 25.8 Å². The van der Waals surface area contributed by atoms with Gasteiger partial charge in [-0.2, -0.15) is 41.5 Å². The van der Waals surface area contributed by atoms with Gasteiger partial charge in [-0.3, -0.25) is 9.59 Å². The molecule has 0 aliphatic heterocycles. The summed E-state index contributed by atoms with van der Waals surface area (Å²) in [6.45, 7) is 0.586. The average Bonchev–Trinajstić information content (AvgIpc) is 3.56. The van der Waals surface area contributed by atoms with Crippen LogP contribution in [0, 0.1) is 18.3 Å². The number of amides is 2. The Morgan fingerprint density at radius 1 is 1.07 bits per heavy atom. The minimum Gasteiger partial charge on any atom is -0.339 e. The van der Waals surface area contributed by atoms with E-state index in [2.05, 4.69) is 52.1 Å². The molecule has 0 bridgehead atoms. The zero-order valence-electron chi connectivity index (χ0n) is 20.9. The zero-order chi connectivity index (χ0) is 30.8. The molecule has 3 aromatic heterocycles. The number of hydrogen-bond acceptors (Lipinski definition) is 8. The molecule has 1 aromatic carbocycles. The first kappa shape index (κ1) is 30.1. The first-order valence-corrected chi connectivity index (χ1v) is 12.2. The molecule has 0 radical (unpaired) electrons. The molecule has 2 amide bonds. The second-order valence-electron chi connectivity index (χ2n) is 8.39. The maximum Gasteiger partial charge on any atom is 0.455 e. The highest BCUT2D eigenvalue weighted by Crippen LogP contribution is 2.33. The van der Waals surface area contributed by atoms with Gasteiger partial charge in [0.05, 0.1) is 23.0 Å². The molecular formula is C23H15BrF6N10O2. The summed E-state index contributed by atoms with van der Waals surface area (Å²) in [5.74, 6) is -4.14. The van der Waals surface area contributed by atoms with Gasteiger partial charge in [0.25, 0.3) is 17.6 Å². The number of pyridine rings is 1. The number of carbonyl (C=O) groups excluding carboxylic acids is 2. The van der Waals surface area contributed by atoms with Gasteiger partial charge in [0.1, 0.15) is 24.3 Å². The minimum atomic E-state index is -4.92. The average molecular weight is 657 g/mol. The molecule has 2 N–H and O–H groups in total. The number of aryl methyl sites for hydroxylation is 1. The summed E-state index contributed by atoms with van der Waals surface area (Å²) in [5, 5.41) is 26.9. The maximum absolute atomic E-state index is 13.8. The summed E-state index contributed by atoms with van der Waals surface area (Å²) in [6, 6.07) is 7.37. The number of nitriles is 1. The van der Waals surface area contributed by atoms with Gasteiger partial charge in [0.15, 0.2) is 5.82 Å². The number of alkyl halides is 6. The summed E-state index contributed by atoms with van der Waals surface area (Å²) < 4.78 is 81.2. The molecule has 0 fully saturated rings. The topological polar surface area (TPSA) is 156 Å². The van der Waals surface area contributed by atoms with Crippen molar-refractivity contribution in [1.29, 1.82) is 5.26 Å². The molecule has 19 heteroatoms. The lowest BCUT2D eigenvalue weighted by atomic mass is 10.1. The van der Waals surface area contributed by atoms with Crippen molar-refractivity contribution in [1.82, 2.24) is 40.3 Å². The molecule has 218 valence electrons. The van der Waals surface area contributed by atoms with Gasteiger partial charge in [0.2, 0.25) is 0 Å². The van der Waals surface area contributed by atoms with Gasteiger partial charge in [-0.1, -0.05) is 15.9 Å². The smallest absolute Gasteiger partial charge is 0.339 e. The molecule has 0 atom stereocenters. The van der Waals surface area contributed by atoms with Gasteiger partial charge >= 0.3 is 12.4 Å². The van der Waals surface area contributed by atoms with Gasteiger partial charge in [-0.05, 0) is 48.0 Å². The Morgan fingerprint density at radius 3 is 2.45 bits per heavy atom. The molecule has 0 aliphatic rings. The number of nitrogens with zero attached hydrogens (tertiary/aromatic N) is 8. The standard InChI is InChI=1S/C23H15BrF6N10O2/c1-11-7-12(24)8-14(19(41)33-6-4-31)17(11)34-20(42)16-9-13(10-39-37-21(35-38-39)23(28,29)30)36-40(16)18-15(22(25,26)27)3-2-5-32-18/h2-3,5,7-9H,6,10H2,1H3,(H,33,41)(H,34,42). The second-order valence-corrected chi connectivity index (χ2v) is 9.30. The van der Waals surface area contributed by atoms with Crippen LogP contribution in [0.2, 0.25) is 0 Å². The molecule has 4 rings (SSSR count). The summed E-state index contributed by atoms with van der Waals surface area (Å²) >= 11 is 3.24. The number of anilines is 1. The molecule has 42 heavy (non-hydrogen) atoms. The molecule has 0 saturated heterocycles. The fourth-order valence-electron chi connectivity index (χ4n) is 3.67. The van der Waals surface area contributed by atoms with Crippen LogP contribution in [-0.2, 0) is 18.9 Å². The fraction of sp³-hybridized carbons (Fsp3) is 0.217. The zero-order valence-corrected chi connectivity index (χ0v) is 22.5. The molecule has 0 saturated carbocycles. The summed E-state index contributed by atoms with van der Waals surface area (Å²) in [7, 11) is 0. The Morgan fingerprint density at radius 2 is 1.81 bits per heavy atom. The third-order valence-corrected chi connectivity index (χ3v) is 5.86. The van der Waals surface area contributed by atoms with E-state index in [-0.39, 0.29) is 23.5 Å². The van der Waals surface area contributed by atoms with E-state index in [0.29, 0.717) is 25.6 Å². The monoisotopic (exact) mass is 656 g/mol. The van der Waals surface area contributed by atoms with Crippen molar-refractivity contribution >= 4 is 33.4 Å². The van der Waals surface area contributed by atoms with Crippen LogP contribution in [0.3, 0.4) is 0 Å². The molecule has 12 nitrogen and oxygen atoms in total. The van der Waals surface area contributed by atoms with E-state index >= 15 is 0 Å². The first-order chi connectivity index (χ1) is 19.7. The fourth-order valence-corrected chi connectivity index (χ4v) is 4.24. The third kappa shape index (κ3) is 6.54. The number of rotatable bonds is 7. The number of hydrogen-bond donors (Lipinski definition) is 2. The number of tetrazole rings is 1. The Bertz CT molecular complexity index is 1710. The van der Waals surface area contributed by atoms with Crippen LogP contribution < -0.4 is 10.6 Å². The SMILES string of the molecule is Cc1cc(Br)cc(C(=O)NCC#N)c1NC(=O)c1cc(Cn2nnc(C(F)(F)F)n2)nn1-c1ncccc1C(F)(F)F. The highest BCUT2D eigenvalue weighted by Gasteiger charge is 2.38. The van der Waals surface area contributed by atoms with Crippen LogP contribution in [-0.4, -0.2) is 53.3 Å². The van der Waals surface area contributed by atoms with Crippen LogP contribution >= 0.6 is 15.9 Å². The lowest BCUT2D eigenvalue weighted by molar-refractivity contribution is -0.145. The predicted octanol–water partition coefficient (Wildman–Crippen LogP) is 3.92. The number of benzene rings is 1. The maximum atomic E-state index is 13.8. The summed E-state index contributed by atoms with van der Waals surface area (Å²) in [5.41, 5.74) is -1.73. The Hall–Kier alpha value is -4.86. The van der Waals surface area contributed by atoms with E-state index in [9.17, 15) is 35.9 Å². The number of halogens is 7. The number of aromatic nitrogens is 7. The van der Waals surface area contributed by atoms with E-state index in [1.165, 1.54) is 6.07 Å². The molecule has 0 unspecified atom stereocenters. The lowest BCUT2D eigenvalue weighted by Crippen LogP contribution is -2.26.